The molecule has 3 rings (SSSR count). The number of ether oxygens (including phenoxy) is 1. The van der Waals surface area contributed by atoms with Crippen LogP contribution in [0.5, 0.6) is 5.75 Å². The summed E-state index contributed by atoms with van der Waals surface area (Å²) in [6, 6.07) is 24.4. The Labute approximate surface area is 218 Å². The molecule has 0 fully saturated rings. The second-order valence-electron chi connectivity index (χ2n) is 8.17. The molecular weight excluding hydrogens is 476 g/mol. The summed E-state index contributed by atoms with van der Waals surface area (Å²) in [6.07, 6.45) is 0.671. The van der Waals surface area contributed by atoms with E-state index in [0.717, 1.165) is 22.4 Å². The summed E-state index contributed by atoms with van der Waals surface area (Å²) in [5, 5.41) is 14.6. The molecule has 0 heterocycles. The fourth-order valence-corrected chi connectivity index (χ4v) is 3.58. The quantitative estimate of drug-likeness (QED) is 0.369. The minimum atomic E-state index is -0.808. The Morgan fingerprint density at radius 1 is 0.889 bits per heavy atom. The number of halogens is 1. The zero-order valence-corrected chi connectivity index (χ0v) is 21.0. The van der Waals surface area contributed by atoms with Crippen LogP contribution >= 0.6 is 12.4 Å². The van der Waals surface area contributed by atoms with Crippen molar-refractivity contribution in [2.24, 2.45) is 5.73 Å². The Bertz CT molecular complexity index is 1150. The summed E-state index contributed by atoms with van der Waals surface area (Å²) in [5.41, 5.74) is 9.41. The molecule has 0 spiro atoms. The van der Waals surface area contributed by atoms with Gasteiger partial charge in [-0.3, -0.25) is 9.59 Å². The molecule has 2 amide bonds. The number of benzene rings is 3. The maximum absolute atomic E-state index is 13.0. The summed E-state index contributed by atoms with van der Waals surface area (Å²) in [7, 11) is 0. The topological polar surface area (TPSA) is 117 Å². The number of hydrogen-bond acceptors (Lipinski definition) is 5. The molecule has 188 valence electrons. The zero-order valence-electron chi connectivity index (χ0n) is 20.1. The summed E-state index contributed by atoms with van der Waals surface area (Å²) in [5.74, 6) is 0.0595. The van der Waals surface area contributed by atoms with Gasteiger partial charge in [-0.15, -0.1) is 12.4 Å². The maximum atomic E-state index is 13.0. The number of amides is 2. The largest absolute Gasteiger partial charge is 0.494 e. The van der Waals surface area contributed by atoms with Crippen LogP contribution in [0.2, 0.25) is 0 Å². The van der Waals surface area contributed by atoms with Gasteiger partial charge in [0.25, 0.3) is 0 Å². The Hall–Kier alpha value is -3.86. The van der Waals surface area contributed by atoms with Crippen LogP contribution in [0, 0.1) is 11.3 Å². The highest BCUT2D eigenvalue weighted by molar-refractivity contribution is 5.90. The fourth-order valence-electron chi connectivity index (χ4n) is 3.58. The summed E-state index contributed by atoms with van der Waals surface area (Å²) in [6.45, 7) is 2.78. The minimum Gasteiger partial charge on any atom is -0.494 e. The Balaban J connectivity index is 0.00000456. The number of hydrogen-bond donors (Lipinski definition) is 3. The third kappa shape index (κ3) is 8.73. The number of rotatable bonds is 11. The third-order valence-corrected chi connectivity index (χ3v) is 5.49. The second kappa shape index (κ2) is 14.5. The lowest BCUT2D eigenvalue weighted by atomic mass is 10.0. The van der Waals surface area contributed by atoms with E-state index in [9.17, 15) is 9.59 Å². The number of nitrogens with two attached hydrogens (primary N) is 1. The summed E-state index contributed by atoms with van der Waals surface area (Å²) >= 11 is 0. The summed E-state index contributed by atoms with van der Waals surface area (Å²) in [4.78, 5) is 25.9. The van der Waals surface area contributed by atoms with Gasteiger partial charge >= 0.3 is 0 Å². The highest BCUT2D eigenvalue weighted by Gasteiger charge is 2.24. The van der Waals surface area contributed by atoms with E-state index in [1.165, 1.54) is 0 Å². The minimum absolute atomic E-state index is 0. The molecule has 36 heavy (non-hydrogen) atoms. The van der Waals surface area contributed by atoms with Crippen molar-refractivity contribution in [2.45, 2.75) is 38.4 Å². The number of nitrogens with one attached hydrogen (secondary N) is 2. The predicted molar refractivity (Wildman–Crippen MR) is 142 cm³/mol. The molecule has 0 saturated heterocycles. The highest BCUT2D eigenvalue weighted by Crippen LogP contribution is 2.13. The first kappa shape index (κ1) is 28.4. The number of carbonyl (C=O) groups is 2. The van der Waals surface area contributed by atoms with Gasteiger partial charge in [-0.05, 0) is 54.3 Å². The van der Waals surface area contributed by atoms with E-state index in [1.807, 2.05) is 61.5 Å². The van der Waals surface area contributed by atoms with Crippen LogP contribution in [0.15, 0.2) is 78.9 Å². The van der Waals surface area contributed by atoms with Crippen LogP contribution < -0.4 is 21.1 Å². The van der Waals surface area contributed by atoms with Crippen LogP contribution in [0.25, 0.3) is 0 Å². The third-order valence-electron chi connectivity index (χ3n) is 5.49. The summed E-state index contributed by atoms with van der Waals surface area (Å²) < 4.78 is 5.45. The first-order valence-electron chi connectivity index (χ1n) is 11.6. The van der Waals surface area contributed by atoms with Gasteiger partial charge in [-0.1, -0.05) is 54.6 Å². The average molecular weight is 507 g/mol. The van der Waals surface area contributed by atoms with Gasteiger partial charge in [0.2, 0.25) is 11.8 Å². The van der Waals surface area contributed by atoms with E-state index in [1.54, 1.807) is 24.3 Å². The van der Waals surface area contributed by atoms with E-state index >= 15 is 0 Å². The number of nitriles is 1. The lowest BCUT2D eigenvalue weighted by Gasteiger charge is -2.21. The molecule has 0 aliphatic rings. The van der Waals surface area contributed by atoms with Gasteiger partial charge in [0.1, 0.15) is 11.8 Å². The molecule has 0 aliphatic heterocycles. The van der Waals surface area contributed by atoms with Crippen molar-refractivity contribution >= 4 is 24.2 Å². The molecule has 0 radical (unpaired) electrons. The molecule has 0 aliphatic carbocycles. The van der Waals surface area contributed by atoms with Gasteiger partial charge in [0.05, 0.1) is 24.3 Å². The molecule has 4 N–H and O–H groups in total. The molecule has 8 heteroatoms. The van der Waals surface area contributed by atoms with Crippen LogP contribution in [0.3, 0.4) is 0 Å². The smallest absolute Gasteiger partial charge is 0.243 e. The fraction of sp³-hybridized carbons (Fsp3) is 0.250. The van der Waals surface area contributed by atoms with Gasteiger partial charge in [-0.25, -0.2) is 0 Å². The van der Waals surface area contributed by atoms with Gasteiger partial charge in [0.15, 0.2) is 0 Å². The molecule has 1 unspecified atom stereocenters. The van der Waals surface area contributed by atoms with Gasteiger partial charge in [-0.2, -0.15) is 5.26 Å². The lowest BCUT2D eigenvalue weighted by molar-refractivity contribution is -0.129. The lowest BCUT2D eigenvalue weighted by Crippen LogP contribution is -2.52. The van der Waals surface area contributed by atoms with E-state index in [4.69, 9.17) is 15.7 Å². The maximum Gasteiger partial charge on any atom is 0.243 e. The molecule has 7 nitrogen and oxygen atoms in total. The van der Waals surface area contributed by atoms with Crippen molar-refractivity contribution in [2.75, 3.05) is 6.61 Å². The van der Waals surface area contributed by atoms with Crippen molar-refractivity contribution < 1.29 is 14.3 Å². The van der Waals surface area contributed by atoms with Crippen molar-refractivity contribution in [3.63, 3.8) is 0 Å². The second-order valence-corrected chi connectivity index (χ2v) is 8.17. The van der Waals surface area contributed by atoms with Gasteiger partial charge < -0.3 is 21.1 Å². The van der Waals surface area contributed by atoms with Crippen LogP contribution in [-0.4, -0.2) is 30.5 Å². The normalized spacial score (nSPS) is 11.8. The van der Waals surface area contributed by atoms with E-state index in [0.29, 0.717) is 25.0 Å². The number of carbonyl (C=O) groups excluding carboxylic acids is 2. The van der Waals surface area contributed by atoms with Crippen molar-refractivity contribution in [1.82, 2.24) is 10.6 Å². The Morgan fingerprint density at radius 3 is 2.11 bits per heavy atom. The highest BCUT2D eigenvalue weighted by atomic mass is 35.5. The Kier molecular flexibility index (Phi) is 11.4. The molecule has 3 aromatic carbocycles. The van der Waals surface area contributed by atoms with Gasteiger partial charge in [0, 0.05) is 13.0 Å². The molecule has 0 bridgehead atoms. The van der Waals surface area contributed by atoms with Crippen LogP contribution in [0.1, 0.15) is 29.2 Å². The average Bonchev–Trinajstić information content (AvgIpc) is 2.89. The van der Waals surface area contributed by atoms with Crippen LogP contribution in [-0.2, 0) is 29.0 Å². The molecule has 3 aromatic rings. The number of nitrogens with zero attached hydrogens (tertiary/aromatic N) is 1. The SMILES string of the molecule is CCOc1ccc(CC(N)C(=O)N[C@@H](Cc2ccccc2)C(=O)NCc2ccc(C#N)cc2)cc1.Cl. The monoisotopic (exact) mass is 506 g/mol. The molecule has 2 atom stereocenters. The molecule has 0 aromatic heterocycles. The zero-order chi connectivity index (χ0) is 25.0. The molecule has 0 saturated carbocycles. The van der Waals surface area contributed by atoms with E-state index in [-0.39, 0.29) is 24.9 Å². The first-order valence-corrected chi connectivity index (χ1v) is 11.6. The van der Waals surface area contributed by atoms with E-state index in [2.05, 4.69) is 16.7 Å². The predicted octanol–water partition coefficient (Wildman–Crippen LogP) is 3.29. The standard InChI is InChI=1S/C28H30N4O3.ClH/c1-2-35-24-14-12-21(13-15-24)16-25(30)27(33)32-26(17-20-6-4-3-5-7-20)28(34)31-19-23-10-8-22(18-29)9-11-23;/h3-15,25-26H,2,16-17,19,30H2,1H3,(H,31,34)(H,32,33);1H/t25?,26-;/m0./s1. The van der Waals surface area contributed by atoms with Crippen molar-refractivity contribution in [1.29, 1.82) is 5.26 Å². The van der Waals surface area contributed by atoms with Crippen molar-refractivity contribution in [3.8, 4) is 11.8 Å². The van der Waals surface area contributed by atoms with Crippen molar-refractivity contribution in [3.05, 3.63) is 101 Å². The van der Waals surface area contributed by atoms with E-state index < -0.39 is 18.0 Å². The molecular formula is C28H31ClN4O3. The van der Waals surface area contributed by atoms with Crippen LogP contribution in [0.4, 0.5) is 0 Å². The Morgan fingerprint density at radius 2 is 1.50 bits per heavy atom. The first-order chi connectivity index (χ1) is 17.0.